The number of hydrogen-bond acceptors (Lipinski definition) is 4. The van der Waals surface area contributed by atoms with E-state index in [2.05, 4.69) is 20.4 Å². The van der Waals surface area contributed by atoms with Crippen molar-refractivity contribution in [3.8, 4) is 17.0 Å². The molecule has 132 valence electrons. The highest BCUT2D eigenvalue weighted by atomic mass is 16.5. The number of benzene rings is 2. The number of rotatable bonds is 3. The van der Waals surface area contributed by atoms with Crippen molar-refractivity contribution < 1.29 is 9.53 Å². The van der Waals surface area contributed by atoms with Crippen LogP contribution in [0, 0.1) is 6.92 Å². The van der Waals surface area contributed by atoms with Gasteiger partial charge in [0, 0.05) is 24.4 Å². The standard InChI is InChI=1S/C20H20N4O2/c1-12-4-9-15-17(10-12)24(2)19(22-20(15)25)16-11-21-23-18(16)13-5-7-14(26-3)8-6-13/h4-11,19H,1-3H3,(H,21,23)(H,22,25). The number of aromatic amines is 1. The van der Waals surface area contributed by atoms with E-state index < -0.39 is 0 Å². The van der Waals surface area contributed by atoms with Gasteiger partial charge in [-0.2, -0.15) is 5.10 Å². The molecule has 1 amide bonds. The second-order valence-electron chi connectivity index (χ2n) is 6.43. The van der Waals surface area contributed by atoms with Gasteiger partial charge in [-0.15, -0.1) is 0 Å². The fourth-order valence-corrected chi connectivity index (χ4v) is 3.34. The van der Waals surface area contributed by atoms with Gasteiger partial charge >= 0.3 is 0 Å². The topological polar surface area (TPSA) is 70.2 Å². The predicted molar refractivity (Wildman–Crippen MR) is 100 cm³/mol. The van der Waals surface area contributed by atoms with E-state index in [1.165, 1.54) is 0 Å². The summed E-state index contributed by atoms with van der Waals surface area (Å²) in [6.07, 6.45) is 1.54. The molecule has 4 rings (SSSR count). The van der Waals surface area contributed by atoms with Crippen LogP contribution < -0.4 is 15.0 Å². The molecular weight excluding hydrogens is 328 g/mol. The minimum absolute atomic E-state index is 0.0787. The first-order chi connectivity index (χ1) is 12.6. The number of H-pyrrole nitrogens is 1. The van der Waals surface area contributed by atoms with Crippen LogP contribution in [0.15, 0.2) is 48.7 Å². The Labute approximate surface area is 151 Å². The van der Waals surface area contributed by atoms with Gasteiger partial charge in [0.25, 0.3) is 5.91 Å². The summed E-state index contributed by atoms with van der Waals surface area (Å²) in [5.41, 5.74) is 5.40. The van der Waals surface area contributed by atoms with Gasteiger partial charge < -0.3 is 15.0 Å². The Morgan fingerprint density at radius 1 is 1.15 bits per heavy atom. The summed E-state index contributed by atoms with van der Waals surface area (Å²) < 4.78 is 5.22. The zero-order valence-corrected chi connectivity index (χ0v) is 14.9. The zero-order valence-electron chi connectivity index (χ0n) is 14.9. The molecule has 26 heavy (non-hydrogen) atoms. The van der Waals surface area contributed by atoms with Gasteiger partial charge in [0.2, 0.25) is 0 Å². The lowest BCUT2D eigenvalue weighted by atomic mass is 10.0. The summed E-state index contributed by atoms with van der Waals surface area (Å²) in [5, 5.41) is 10.4. The lowest BCUT2D eigenvalue weighted by Gasteiger charge is -2.36. The van der Waals surface area contributed by atoms with Gasteiger partial charge in [0.1, 0.15) is 11.9 Å². The third-order valence-electron chi connectivity index (χ3n) is 4.76. The van der Waals surface area contributed by atoms with Gasteiger partial charge in [0.15, 0.2) is 0 Å². The number of anilines is 1. The molecule has 0 bridgehead atoms. The van der Waals surface area contributed by atoms with Crippen LogP contribution >= 0.6 is 0 Å². The highest BCUT2D eigenvalue weighted by Crippen LogP contribution is 2.36. The van der Waals surface area contributed by atoms with Crippen molar-refractivity contribution in [1.82, 2.24) is 15.5 Å². The summed E-state index contributed by atoms with van der Waals surface area (Å²) in [4.78, 5) is 14.7. The number of amides is 1. The average Bonchev–Trinajstić information content (AvgIpc) is 3.14. The summed E-state index contributed by atoms with van der Waals surface area (Å²) in [7, 11) is 3.62. The molecule has 0 spiro atoms. The molecule has 0 aliphatic carbocycles. The average molecular weight is 348 g/mol. The molecule has 1 aromatic heterocycles. The number of hydrogen-bond donors (Lipinski definition) is 2. The summed E-state index contributed by atoms with van der Waals surface area (Å²) in [6.45, 7) is 2.02. The molecule has 1 aliphatic heterocycles. The number of ether oxygens (including phenoxy) is 1. The second-order valence-corrected chi connectivity index (χ2v) is 6.43. The van der Waals surface area contributed by atoms with Crippen molar-refractivity contribution in [2.45, 2.75) is 13.1 Å². The molecule has 1 aliphatic rings. The minimum atomic E-state index is -0.298. The zero-order chi connectivity index (χ0) is 18.3. The van der Waals surface area contributed by atoms with E-state index in [1.807, 2.05) is 62.6 Å². The van der Waals surface area contributed by atoms with Gasteiger partial charge in [0.05, 0.1) is 24.1 Å². The number of nitrogens with zero attached hydrogens (tertiary/aromatic N) is 2. The monoisotopic (exact) mass is 348 g/mol. The van der Waals surface area contributed by atoms with E-state index in [1.54, 1.807) is 7.11 Å². The molecule has 2 N–H and O–H groups in total. The number of aromatic nitrogens is 2. The molecule has 0 radical (unpaired) electrons. The van der Waals surface area contributed by atoms with Crippen molar-refractivity contribution in [3.05, 3.63) is 65.4 Å². The van der Waals surface area contributed by atoms with Gasteiger partial charge in [-0.25, -0.2) is 0 Å². The first kappa shape index (κ1) is 16.2. The Morgan fingerprint density at radius 2 is 1.92 bits per heavy atom. The maximum absolute atomic E-state index is 12.6. The molecule has 3 aromatic rings. The molecular formula is C20H20N4O2. The quantitative estimate of drug-likeness (QED) is 0.762. The smallest absolute Gasteiger partial charge is 0.255 e. The molecule has 6 heteroatoms. The first-order valence-corrected chi connectivity index (χ1v) is 8.41. The van der Waals surface area contributed by atoms with Gasteiger partial charge in [-0.05, 0) is 48.9 Å². The van der Waals surface area contributed by atoms with E-state index in [4.69, 9.17) is 4.74 Å². The van der Waals surface area contributed by atoms with Crippen LogP contribution in [0.4, 0.5) is 5.69 Å². The molecule has 0 saturated carbocycles. The van der Waals surface area contributed by atoms with Crippen LogP contribution in [-0.2, 0) is 0 Å². The number of nitrogens with one attached hydrogen (secondary N) is 2. The highest BCUT2D eigenvalue weighted by molar-refractivity contribution is 6.02. The van der Waals surface area contributed by atoms with Crippen LogP contribution in [0.3, 0.4) is 0 Å². The number of methoxy groups -OCH3 is 1. The fraction of sp³-hybridized carbons (Fsp3) is 0.200. The molecule has 0 fully saturated rings. The van der Waals surface area contributed by atoms with Crippen molar-refractivity contribution in [2.75, 3.05) is 19.1 Å². The fourth-order valence-electron chi connectivity index (χ4n) is 3.34. The number of fused-ring (bicyclic) bond motifs is 1. The van der Waals surface area contributed by atoms with E-state index >= 15 is 0 Å². The summed E-state index contributed by atoms with van der Waals surface area (Å²) in [6, 6.07) is 13.6. The third-order valence-corrected chi connectivity index (χ3v) is 4.76. The lowest BCUT2D eigenvalue weighted by molar-refractivity contribution is 0.0928. The van der Waals surface area contributed by atoms with E-state index in [0.29, 0.717) is 5.56 Å². The molecule has 2 aromatic carbocycles. The number of carbonyl (C=O) groups excluding carboxylic acids is 1. The normalized spacial score (nSPS) is 16.2. The van der Waals surface area contributed by atoms with E-state index in [9.17, 15) is 4.79 Å². The molecule has 6 nitrogen and oxygen atoms in total. The second kappa shape index (κ2) is 6.22. The Kier molecular flexibility index (Phi) is 3.88. The van der Waals surface area contributed by atoms with E-state index in [-0.39, 0.29) is 12.1 Å². The van der Waals surface area contributed by atoms with Crippen molar-refractivity contribution >= 4 is 11.6 Å². The van der Waals surface area contributed by atoms with Crippen molar-refractivity contribution in [1.29, 1.82) is 0 Å². The first-order valence-electron chi connectivity index (χ1n) is 8.41. The maximum atomic E-state index is 12.6. The largest absolute Gasteiger partial charge is 0.497 e. The SMILES string of the molecule is COc1ccc(-c2n[nH]cc2C2NC(=O)c3ccc(C)cc3N2C)cc1. The van der Waals surface area contributed by atoms with E-state index in [0.717, 1.165) is 33.8 Å². The highest BCUT2D eigenvalue weighted by Gasteiger charge is 2.32. The van der Waals surface area contributed by atoms with Crippen molar-refractivity contribution in [2.24, 2.45) is 0 Å². The van der Waals surface area contributed by atoms with Crippen LogP contribution in [0.1, 0.15) is 27.7 Å². The van der Waals surface area contributed by atoms with Crippen LogP contribution in [-0.4, -0.2) is 30.3 Å². The maximum Gasteiger partial charge on any atom is 0.255 e. The number of aryl methyl sites for hydroxylation is 1. The lowest BCUT2D eigenvalue weighted by Crippen LogP contribution is -2.44. The Morgan fingerprint density at radius 3 is 2.65 bits per heavy atom. The Balaban J connectivity index is 1.75. The predicted octanol–water partition coefficient (Wildman–Crippen LogP) is 3.27. The Hall–Kier alpha value is -3.28. The van der Waals surface area contributed by atoms with Crippen molar-refractivity contribution in [3.63, 3.8) is 0 Å². The van der Waals surface area contributed by atoms with Crippen LogP contribution in [0.5, 0.6) is 5.75 Å². The summed E-state index contributed by atoms with van der Waals surface area (Å²) >= 11 is 0. The minimum Gasteiger partial charge on any atom is -0.497 e. The molecule has 2 heterocycles. The van der Waals surface area contributed by atoms with Gasteiger partial charge in [-0.1, -0.05) is 6.07 Å². The van der Waals surface area contributed by atoms with Crippen LogP contribution in [0.25, 0.3) is 11.3 Å². The molecule has 0 saturated heterocycles. The van der Waals surface area contributed by atoms with Gasteiger partial charge in [-0.3, -0.25) is 9.89 Å². The Bertz CT molecular complexity index is 962. The summed E-state index contributed by atoms with van der Waals surface area (Å²) in [5.74, 6) is 0.711. The molecule has 1 unspecified atom stereocenters. The van der Waals surface area contributed by atoms with Crippen LogP contribution in [0.2, 0.25) is 0 Å². The third kappa shape index (κ3) is 2.60. The number of carbonyl (C=O) groups is 1. The molecule has 1 atom stereocenters.